The third-order valence-electron chi connectivity index (χ3n) is 10.9. The number of fused-ring (bicyclic) bond motifs is 3. The molecule has 0 aromatic rings. The lowest BCUT2D eigenvalue weighted by Gasteiger charge is -2.54. The SMILES string of the molecule is C/C=C/C1CCC(/C=C/C2CCC(C3CC4CCCCC4C4CCCCC34)CC2)CC1. The first-order chi connectivity index (χ1) is 15.3. The van der Waals surface area contributed by atoms with E-state index in [0.29, 0.717) is 0 Å². The third-order valence-corrected chi connectivity index (χ3v) is 10.9. The zero-order valence-electron chi connectivity index (χ0n) is 20.5. The minimum Gasteiger partial charge on any atom is -0.0914 e. The molecule has 5 rings (SSSR count). The summed E-state index contributed by atoms with van der Waals surface area (Å²) < 4.78 is 0. The summed E-state index contributed by atoms with van der Waals surface area (Å²) in [6.07, 6.45) is 36.0. The fraction of sp³-hybridized carbons (Fsp3) is 0.871. The van der Waals surface area contributed by atoms with Gasteiger partial charge in [-0.15, -0.1) is 0 Å². The Bertz CT molecular complexity index is 598. The molecular formula is C31H50. The van der Waals surface area contributed by atoms with Gasteiger partial charge >= 0.3 is 0 Å². The molecule has 0 aliphatic heterocycles. The Morgan fingerprint density at radius 3 is 1.52 bits per heavy atom. The molecule has 0 N–H and O–H groups in total. The van der Waals surface area contributed by atoms with E-state index in [1.165, 1.54) is 38.5 Å². The number of hydrogen-bond acceptors (Lipinski definition) is 0. The Balaban J connectivity index is 1.13. The van der Waals surface area contributed by atoms with Crippen molar-refractivity contribution in [2.45, 2.75) is 116 Å². The van der Waals surface area contributed by atoms with Crippen molar-refractivity contribution in [1.29, 1.82) is 0 Å². The summed E-state index contributed by atoms with van der Waals surface area (Å²) in [4.78, 5) is 0. The first-order valence-electron chi connectivity index (χ1n) is 14.6. The summed E-state index contributed by atoms with van der Waals surface area (Å²) in [5.74, 6) is 9.34. The molecule has 0 nitrogen and oxygen atoms in total. The van der Waals surface area contributed by atoms with Gasteiger partial charge in [0.2, 0.25) is 0 Å². The van der Waals surface area contributed by atoms with Gasteiger partial charge in [-0.05, 0) is 137 Å². The summed E-state index contributed by atoms with van der Waals surface area (Å²) in [5.41, 5.74) is 0. The molecule has 5 fully saturated rings. The zero-order valence-corrected chi connectivity index (χ0v) is 20.5. The van der Waals surface area contributed by atoms with Crippen LogP contribution in [-0.2, 0) is 0 Å². The monoisotopic (exact) mass is 422 g/mol. The van der Waals surface area contributed by atoms with E-state index in [2.05, 4.69) is 31.2 Å². The summed E-state index contributed by atoms with van der Waals surface area (Å²) in [6.45, 7) is 2.18. The van der Waals surface area contributed by atoms with Crippen molar-refractivity contribution in [3.63, 3.8) is 0 Å². The maximum atomic E-state index is 2.68. The van der Waals surface area contributed by atoms with Gasteiger partial charge in [-0.2, -0.15) is 0 Å². The van der Waals surface area contributed by atoms with Crippen LogP contribution in [0, 0.1) is 53.3 Å². The van der Waals surface area contributed by atoms with Crippen molar-refractivity contribution < 1.29 is 0 Å². The molecule has 0 radical (unpaired) electrons. The van der Waals surface area contributed by atoms with Crippen LogP contribution in [0.15, 0.2) is 24.3 Å². The third kappa shape index (κ3) is 5.19. The van der Waals surface area contributed by atoms with Gasteiger partial charge < -0.3 is 0 Å². The van der Waals surface area contributed by atoms with Crippen LogP contribution < -0.4 is 0 Å². The Hall–Kier alpha value is -0.520. The average molecular weight is 423 g/mol. The fourth-order valence-electron chi connectivity index (χ4n) is 9.29. The van der Waals surface area contributed by atoms with E-state index in [9.17, 15) is 0 Å². The van der Waals surface area contributed by atoms with Crippen LogP contribution in [0.25, 0.3) is 0 Å². The number of hydrogen-bond donors (Lipinski definition) is 0. The molecule has 5 unspecified atom stereocenters. The van der Waals surface area contributed by atoms with Crippen LogP contribution in [0.3, 0.4) is 0 Å². The van der Waals surface area contributed by atoms with Crippen LogP contribution in [0.1, 0.15) is 116 Å². The second kappa shape index (κ2) is 10.6. The second-order valence-corrected chi connectivity index (χ2v) is 12.5. The van der Waals surface area contributed by atoms with Crippen molar-refractivity contribution in [3.05, 3.63) is 24.3 Å². The molecule has 0 saturated heterocycles. The van der Waals surface area contributed by atoms with Gasteiger partial charge in [0, 0.05) is 0 Å². The standard InChI is InChI=1S/C31H50/c1-2-7-23-12-14-24(15-13-23)16-17-25-18-20-26(21-19-25)31-22-27-8-3-4-9-28(27)29-10-5-6-11-30(29)31/h2,7,16-17,23-31H,3-6,8-15,18-22H2,1H3/b7-2+,17-16+. The molecule has 5 saturated carbocycles. The predicted molar refractivity (Wildman–Crippen MR) is 134 cm³/mol. The van der Waals surface area contributed by atoms with Gasteiger partial charge in [-0.1, -0.05) is 56.4 Å². The molecule has 0 bridgehead atoms. The molecule has 0 heteroatoms. The van der Waals surface area contributed by atoms with E-state index in [0.717, 1.165) is 53.3 Å². The van der Waals surface area contributed by atoms with Crippen LogP contribution >= 0.6 is 0 Å². The summed E-state index contributed by atoms with van der Waals surface area (Å²) in [7, 11) is 0. The minimum absolute atomic E-state index is 0.868. The van der Waals surface area contributed by atoms with E-state index < -0.39 is 0 Å². The predicted octanol–water partition coefficient (Wildman–Crippen LogP) is 9.36. The van der Waals surface area contributed by atoms with Crippen molar-refractivity contribution in [2.75, 3.05) is 0 Å². The normalized spacial score (nSPS) is 46.7. The van der Waals surface area contributed by atoms with Gasteiger partial charge in [-0.3, -0.25) is 0 Å². The molecule has 5 atom stereocenters. The van der Waals surface area contributed by atoms with Gasteiger partial charge in [0.25, 0.3) is 0 Å². The van der Waals surface area contributed by atoms with Crippen LogP contribution in [0.5, 0.6) is 0 Å². The molecule has 0 aromatic heterocycles. The van der Waals surface area contributed by atoms with Crippen LogP contribution in [-0.4, -0.2) is 0 Å². The Morgan fingerprint density at radius 2 is 0.903 bits per heavy atom. The highest BCUT2D eigenvalue weighted by atomic mass is 14.5. The molecule has 174 valence electrons. The highest BCUT2D eigenvalue weighted by molar-refractivity contribution is 5.01. The lowest BCUT2D eigenvalue weighted by Crippen LogP contribution is -2.45. The minimum atomic E-state index is 0.868. The lowest BCUT2D eigenvalue weighted by molar-refractivity contribution is -0.0432. The maximum Gasteiger partial charge on any atom is -0.0233 e. The van der Waals surface area contributed by atoms with E-state index in [-0.39, 0.29) is 0 Å². The first-order valence-corrected chi connectivity index (χ1v) is 14.6. The van der Waals surface area contributed by atoms with E-state index in [4.69, 9.17) is 0 Å². The average Bonchev–Trinajstić information content (AvgIpc) is 2.84. The Morgan fingerprint density at radius 1 is 0.419 bits per heavy atom. The Kier molecular flexibility index (Phi) is 7.62. The number of allylic oxidation sites excluding steroid dienone is 4. The smallest absolute Gasteiger partial charge is 0.0233 e. The topological polar surface area (TPSA) is 0 Å². The van der Waals surface area contributed by atoms with E-state index >= 15 is 0 Å². The van der Waals surface area contributed by atoms with Gasteiger partial charge in [-0.25, -0.2) is 0 Å². The van der Waals surface area contributed by atoms with Gasteiger partial charge in [0.1, 0.15) is 0 Å². The largest absolute Gasteiger partial charge is 0.0914 e. The molecule has 0 amide bonds. The first kappa shape index (κ1) is 22.3. The van der Waals surface area contributed by atoms with E-state index in [1.807, 2.05) is 0 Å². The van der Waals surface area contributed by atoms with Gasteiger partial charge in [0.05, 0.1) is 0 Å². The van der Waals surface area contributed by atoms with Crippen molar-refractivity contribution >= 4 is 0 Å². The van der Waals surface area contributed by atoms with Crippen molar-refractivity contribution in [3.8, 4) is 0 Å². The molecule has 0 spiro atoms. The number of rotatable bonds is 4. The van der Waals surface area contributed by atoms with Crippen LogP contribution in [0.4, 0.5) is 0 Å². The summed E-state index contributed by atoms with van der Waals surface area (Å²) in [6, 6.07) is 0. The quantitative estimate of drug-likeness (QED) is 0.396. The summed E-state index contributed by atoms with van der Waals surface area (Å²) in [5, 5.41) is 0. The molecule has 0 heterocycles. The lowest BCUT2D eigenvalue weighted by atomic mass is 9.51. The fourth-order valence-corrected chi connectivity index (χ4v) is 9.29. The highest BCUT2D eigenvalue weighted by Gasteiger charge is 2.47. The van der Waals surface area contributed by atoms with Crippen molar-refractivity contribution in [2.24, 2.45) is 53.3 Å². The Labute approximate surface area is 193 Å². The highest BCUT2D eigenvalue weighted by Crippen LogP contribution is 2.57. The maximum absolute atomic E-state index is 2.68. The summed E-state index contributed by atoms with van der Waals surface area (Å²) >= 11 is 0. The zero-order chi connectivity index (χ0) is 21.0. The molecule has 31 heavy (non-hydrogen) atoms. The molecule has 0 aromatic carbocycles. The second-order valence-electron chi connectivity index (χ2n) is 12.5. The molecule has 5 aliphatic rings. The van der Waals surface area contributed by atoms with Crippen molar-refractivity contribution in [1.82, 2.24) is 0 Å². The van der Waals surface area contributed by atoms with Gasteiger partial charge in [0.15, 0.2) is 0 Å². The molecular weight excluding hydrogens is 372 g/mol. The van der Waals surface area contributed by atoms with Crippen LogP contribution in [0.2, 0.25) is 0 Å². The van der Waals surface area contributed by atoms with E-state index in [1.54, 1.807) is 70.6 Å². The molecule has 5 aliphatic carbocycles.